The molecule has 0 spiro atoms. The predicted molar refractivity (Wildman–Crippen MR) is 50.5 cm³/mol. The first-order valence-corrected chi connectivity index (χ1v) is 3.98. The van der Waals surface area contributed by atoms with Gasteiger partial charge in [0.05, 0.1) is 12.1 Å². The van der Waals surface area contributed by atoms with E-state index >= 15 is 0 Å². The smallest absolute Gasteiger partial charge is 0.309 e. The van der Waals surface area contributed by atoms with Crippen LogP contribution in [0.3, 0.4) is 0 Å². The Bertz CT molecular complexity index is 397. The van der Waals surface area contributed by atoms with Crippen LogP contribution in [0.4, 0.5) is 5.95 Å². The van der Waals surface area contributed by atoms with Gasteiger partial charge in [0.2, 0.25) is 5.95 Å². The first kappa shape index (κ1) is 10.2. The van der Waals surface area contributed by atoms with Crippen molar-refractivity contribution in [2.45, 2.75) is 6.42 Å². The van der Waals surface area contributed by atoms with Crippen LogP contribution in [-0.4, -0.2) is 35.1 Å². The van der Waals surface area contributed by atoms with Crippen molar-refractivity contribution in [1.29, 1.82) is 0 Å². The largest absolute Gasteiger partial charge is 0.481 e. The molecule has 76 valence electrons. The van der Waals surface area contributed by atoms with Crippen molar-refractivity contribution in [2.24, 2.45) is 0 Å². The van der Waals surface area contributed by atoms with Crippen LogP contribution in [0.25, 0.3) is 0 Å². The number of nitrogens with one attached hydrogen (secondary N) is 1. The van der Waals surface area contributed by atoms with Gasteiger partial charge in [0.1, 0.15) is 0 Å². The molecule has 0 aliphatic rings. The van der Waals surface area contributed by atoms with Crippen LogP contribution < -0.4 is 10.5 Å². The fourth-order valence-corrected chi connectivity index (χ4v) is 0.951. The molecule has 6 nitrogen and oxygen atoms in total. The first-order valence-electron chi connectivity index (χ1n) is 3.98. The number of carbonyl (C=O) groups is 1. The van der Waals surface area contributed by atoms with E-state index in [2.05, 4.69) is 9.97 Å². The summed E-state index contributed by atoms with van der Waals surface area (Å²) in [5, 5.41) is 8.52. The lowest BCUT2D eigenvalue weighted by Gasteiger charge is -2.10. The summed E-state index contributed by atoms with van der Waals surface area (Å²) in [6.45, 7) is 0. The molecule has 0 saturated carbocycles. The highest BCUT2D eigenvalue weighted by atomic mass is 16.4. The second kappa shape index (κ2) is 3.91. The average Bonchev–Trinajstić information content (AvgIpc) is 2.01. The van der Waals surface area contributed by atoms with Crippen molar-refractivity contribution in [3.63, 3.8) is 0 Å². The van der Waals surface area contributed by atoms with Gasteiger partial charge >= 0.3 is 5.97 Å². The Morgan fingerprint density at radius 3 is 2.79 bits per heavy atom. The molecule has 2 N–H and O–H groups in total. The van der Waals surface area contributed by atoms with Gasteiger partial charge in [0.25, 0.3) is 5.56 Å². The lowest BCUT2D eigenvalue weighted by Crippen LogP contribution is -2.20. The number of aliphatic carboxylic acids is 1. The summed E-state index contributed by atoms with van der Waals surface area (Å²) in [6.07, 6.45) is -0.245. The molecular formula is C8H11N3O3. The summed E-state index contributed by atoms with van der Waals surface area (Å²) >= 11 is 0. The number of aromatic nitrogens is 2. The third kappa shape index (κ3) is 2.58. The zero-order valence-corrected chi connectivity index (χ0v) is 7.94. The van der Waals surface area contributed by atoms with Gasteiger partial charge in [-0.05, 0) is 0 Å². The molecule has 6 heteroatoms. The third-order valence-corrected chi connectivity index (χ3v) is 1.54. The van der Waals surface area contributed by atoms with E-state index in [0.29, 0.717) is 5.95 Å². The number of rotatable bonds is 3. The molecule has 0 bridgehead atoms. The van der Waals surface area contributed by atoms with E-state index in [0.717, 1.165) is 0 Å². The summed E-state index contributed by atoms with van der Waals surface area (Å²) in [7, 11) is 3.42. The van der Waals surface area contributed by atoms with Crippen molar-refractivity contribution >= 4 is 11.9 Å². The first-order chi connectivity index (χ1) is 6.49. The second-order valence-corrected chi connectivity index (χ2v) is 3.03. The number of carboxylic acids is 1. The van der Waals surface area contributed by atoms with Gasteiger partial charge in [0, 0.05) is 20.2 Å². The predicted octanol–water partition coefficient (Wildman–Crippen LogP) is -0.537. The Hall–Kier alpha value is -1.85. The van der Waals surface area contributed by atoms with E-state index in [4.69, 9.17) is 5.11 Å². The summed E-state index contributed by atoms with van der Waals surface area (Å²) in [5.41, 5.74) is -0.0927. The molecule has 0 fully saturated rings. The summed E-state index contributed by atoms with van der Waals surface area (Å²) in [6, 6.07) is 1.18. The molecule has 1 rings (SSSR count). The summed E-state index contributed by atoms with van der Waals surface area (Å²) in [4.78, 5) is 29.5. The number of anilines is 1. The van der Waals surface area contributed by atoms with E-state index in [1.54, 1.807) is 19.0 Å². The highest BCUT2D eigenvalue weighted by Crippen LogP contribution is 2.00. The van der Waals surface area contributed by atoms with Gasteiger partial charge < -0.3 is 10.0 Å². The van der Waals surface area contributed by atoms with Gasteiger partial charge in [-0.1, -0.05) is 0 Å². The minimum Gasteiger partial charge on any atom is -0.481 e. The van der Waals surface area contributed by atoms with Crippen molar-refractivity contribution < 1.29 is 9.90 Å². The van der Waals surface area contributed by atoms with Gasteiger partial charge in [-0.3, -0.25) is 14.6 Å². The normalized spacial score (nSPS) is 9.86. The highest BCUT2D eigenvalue weighted by molar-refractivity contribution is 5.69. The van der Waals surface area contributed by atoms with Crippen molar-refractivity contribution in [1.82, 2.24) is 9.97 Å². The number of nitrogens with zero attached hydrogens (tertiary/aromatic N) is 2. The van der Waals surface area contributed by atoms with Crippen molar-refractivity contribution in [2.75, 3.05) is 19.0 Å². The lowest BCUT2D eigenvalue weighted by atomic mass is 10.3. The number of H-pyrrole nitrogens is 1. The van der Waals surface area contributed by atoms with Crippen LogP contribution in [0, 0.1) is 0 Å². The molecule has 14 heavy (non-hydrogen) atoms. The quantitative estimate of drug-likeness (QED) is 0.679. The monoisotopic (exact) mass is 197 g/mol. The van der Waals surface area contributed by atoms with Gasteiger partial charge in [-0.2, -0.15) is 0 Å². The van der Waals surface area contributed by atoms with Crippen molar-refractivity contribution in [3.8, 4) is 0 Å². The Kier molecular flexibility index (Phi) is 2.85. The zero-order valence-electron chi connectivity index (χ0n) is 7.94. The maximum Gasteiger partial charge on any atom is 0.309 e. The fourth-order valence-electron chi connectivity index (χ4n) is 0.951. The van der Waals surface area contributed by atoms with Crippen LogP contribution in [-0.2, 0) is 11.2 Å². The number of carboxylic acid groups (broad SMARTS) is 1. The van der Waals surface area contributed by atoms with Crippen LogP contribution >= 0.6 is 0 Å². The molecule has 0 saturated heterocycles. The second-order valence-electron chi connectivity index (χ2n) is 3.03. The number of aromatic amines is 1. The molecule has 1 aromatic heterocycles. The summed E-state index contributed by atoms with van der Waals surface area (Å²) in [5.74, 6) is -0.651. The van der Waals surface area contributed by atoms with E-state index in [9.17, 15) is 9.59 Å². The molecule has 0 unspecified atom stereocenters. The Labute approximate surface area is 80.2 Å². The Morgan fingerprint density at radius 1 is 1.64 bits per heavy atom. The molecule has 1 aromatic rings. The zero-order chi connectivity index (χ0) is 10.7. The number of hydrogen-bond donors (Lipinski definition) is 2. The van der Waals surface area contributed by atoms with Gasteiger partial charge in [-0.15, -0.1) is 0 Å². The van der Waals surface area contributed by atoms with E-state index in [-0.39, 0.29) is 17.7 Å². The maximum atomic E-state index is 11.1. The lowest BCUT2D eigenvalue weighted by molar-refractivity contribution is -0.136. The van der Waals surface area contributed by atoms with Crippen LogP contribution in [0.15, 0.2) is 10.9 Å². The molecule has 1 heterocycles. The standard InChI is InChI=1S/C8H11N3O3/c1-11(2)8-9-5(4-7(13)14)3-6(12)10-8/h3H,4H2,1-2H3,(H,13,14)(H,9,10,12). The van der Waals surface area contributed by atoms with Gasteiger partial charge in [-0.25, -0.2) is 4.98 Å². The molecule has 0 aliphatic carbocycles. The van der Waals surface area contributed by atoms with Crippen LogP contribution in [0.5, 0.6) is 0 Å². The van der Waals surface area contributed by atoms with E-state index < -0.39 is 5.97 Å². The summed E-state index contributed by atoms with van der Waals surface area (Å²) < 4.78 is 0. The Balaban J connectivity index is 3.07. The topological polar surface area (TPSA) is 86.3 Å². The average molecular weight is 197 g/mol. The van der Waals surface area contributed by atoms with Gasteiger partial charge in [0.15, 0.2) is 0 Å². The van der Waals surface area contributed by atoms with E-state index in [1.807, 2.05) is 0 Å². The molecule has 0 aliphatic heterocycles. The third-order valence-electron chi connectivity index (χ3n) is 1.54. The van der Waals surface area contributed by atoms with Crippen LogP contribution in [0.2, 0.25) is 0 Å². The molecule has 0 radical (unpaired) electrons. The number of hydrogen-bond acceptors (Lipinski definition) is 4. The highest BCUT2D eigenvalue weighted by Gasteiger charge is 2.06. The minimum absolute atomic E-state index is 0.245. The molecule has 0 amide bonds. The fraction of sp³-hybridized carbons (Fsp3) is 0.375. The van der Waals surface area contributed by atoms with E-state index in [1.165, 1.54) is 6.07 Å². The molecule has 0 aromatic carbocycles. The molecule has 0 atom stereocenters. The van der Waals surface area contributed by atoms with Crippen LogP contribution in [0.1, 0.15) is 5.69 Å². The molecular weight excluding hydrogens is 186 g/mol. The SMILES string of the molecule is CN(C)c1nc(CC(=O)O)cc(=O)[nH]1. The maximum absolute atomic E-state index is 11.1. The Morgan fingerprint density at radius 2 is 2.29 bits per heavy atom. The van der Waals surface area contributed by atoms with Crippen molar-refractivity contribution in [3.05, 3.63) is 22.1 Å². The minimum atomic E-state index is -1.01.